The average molecular weight is 453 g/mol. The van der Waals surface area contributed by atoms with Crippen LogP contribution in [0.15, 0.2) is 50.8 Å². The molecule has 0 saturated carbocycles. The van der Waals surface area contributed by atoms with E-state index in [4.69, 9.17) is 23.2 Å². The highest BCUT2D eigenvalue weighted by Gasteiger charge is 2.11. The van der Waals surface area contributed by atoms with E-state index in [0.29, 0.717) is 33.2 Å². The number of hydrogen-bond donors (Lipinski definition) is 0. The zero-order valence-corrected chi connectivity index (χ0v) is 17.1. The number of aromatic nitrogens is 2. The van der Waals surface area contributed by atoms with Gasteiger partial charge in [0.15, 0.2) is 0 Å². The van der Waals surface area contributed by atoms with Crippen molar-refractivity contribution < 1.29 is 0 Å². The summed E-state index contributed by atoms with van der Waals surface area (Å²) in [6.45, 7) is 2.10. The third-order valence-corrected chi connectivity index (χ3v) is 5.13. The van der Waals surface area contributed by atoms with Crippen molar-refractivity contribution in [1.29, 1.82) is 0 Å². The average Bonchev–Trinajstić information content (AvgIpc) is 2.62. The molecule has 0 aliphatic carbocycles. The van der Waals surface area contributed by atoms with Gasteiger partial charge in [-0.1, -0.05) is 58.5 Å². The fourth-order valence-electron chi connectivity index (χ4n) is 2.53. The van der Waals surface area contributed by atoms with Gasteiger partial charge < -0.3 is 0 Å². The number of aryl methyl sites for hydroxylation is 1. The molecule has 0 radical (unpaired) electrons. The van der Waals surface area contributed by atoms with E-state index in [0.717, 1.165) is 22.9 Å². The number of nitrogens with zero attached hydrogens (tertiary/aromatic N) is 3. The van der Waals surface area contributed by atoms with Crippen LogP contribution in [-0.2, 0) is 6.42 Å². The number of benzene rings is 2. The summed E-state index contributed by atoms with van der Waals surface area (Å²) in [6, 6.07) is 10.7. The van der Waals surface area contributed by atoms with Crippen LogP contribution in [0.4, 0.5) is 0 Å². The lowest BCUT2D eigenvalue weighted by molar-refractivity contribution is 0.675. The van der Waals surface area contributed by atoms with Gasteiger partial charge in [0, 0.05) is 10.9 Å². The second-order valence-electron chi connectivity index (χ2n) is 5.83. The van der Waals surface area contributed by atoms with Crippen LogP contribution < -0.4 is 5.56 Å². The minimum absolute atomic E-state index is 0.196. The predicted octanol–water partition coefficient (Wildman–Crippen LogP) is 5.69. The van der Waals surface area contributed by atoms with E-state index in [1.807, 2.05) is 12.1 Å². The van der Waals surface area contributed by atoms with Crippen LogP contribution in [0, 0.1) is 0 Å². The van der Waals surface area contributed by atoms with Crippen molar-refractivity contribution in [2.45, 2.75) is 26.2 Å². The highest BCUT2D eigenvalue weighted by molar-refractivity contribution is 9.10. The van der Waals surface area contributed by atoms with Gasteiger partial charge in [0.2, 0.25) is 0 Å². The molecular weight excluding hydrogens is 437 g/mol. The summed E-state index contributed by atoms with van der Waals surface area (Å²) in [7, 11) is 0. The van der Waals surface area contributed by atoms with Gasteiger partial charge in [-0.2, -0.15) is 9.78 Å². The molecule has 0 spiro atoms. The molecule has 2 aromatic carbocycles. The van der Waals surface area contributed by atoms with Crippen molar-refractivity contribution in [3.8, 4) is 0 Å². The molecule has 0 fully saturated rings. The zero-order chi connectivity index (χ0) is 18.7. The fourth-order valence-corrected chi connectivity index (χ4v) is 3.20. The first kappa shape index (κ1) is 19.1. The van der Waals surface area contributed by atoms with Crippen molar-refractivity contribution in [3.05, 3.63) is 72.7 Å². The lowest BCUT2D eigenvalue weighted by Gasteiger charge is -2.09. The van der Waals surface area contributed by atoms with Gasteiger partial charge >= 0.3 is 0 Å². The predicted molar refractivity (Wildman–Crippen MR) is 112 cm³/mol. The number of halogens is 3. The molecule has 1 aromatic heterocycles. The quantitative estimate of drug-likeness (QED) is 0.466. The summed E-state index contributed by atoms with van der Waals surface area (Å²) < 4.78 is 2.19. The molecule has 0 N–H and O–H groups in total. The molecule has 0 bridgehead atoms. The molecule has 1 heterocycles. The molecule has 0 aliphatic heterocycles. The Balaban J connectivity index is 2.11. The molecule has 4 nitrogen and oxygen atoms in total. The second kappa shape index (κ2) is 8.33. The zero-order valence-electron chi connectivity index (χ0n) is 14.0. The van der Waals surface area contributed by atoms with Gasteiger partial charge in [-0.25, -0.2) is 4.98 Å². The molecule has 0 atom stereocenters. The maximum absolute atomic E-state index is 12.9. The van der Waals surface area contributed by atoms with Crippen LogP contribution in [0.2, 0.25) is 10.0 Å². The van der Waals surface area contributed by atoms with Crippen molar-refractivity contribution >= 4 is 56.2 Å². The Bertz CT molecular complexity index is 1050. The highest BCUT2D eigenvalue weighted by Crippen LogP contribution is 2.22. The van der Waals surface area contributed by atoms with Crippen molar-refractivity contribution in [3.63, 3.8) is 0 Å². The Kier molecular flexibility index (Phi) is 6.12. The largest absolute Gasteiger partial charge is 0.282 e. The molecule has 7 heteroatoms. The third-order valence-electron chi connectivity index (χ3n) is 3.90. The maximum Gasteiger partial charge on any atom is 0.282 e. The molecule has 0 unspecified atom stereocenters. The molecule has 3 rings (SSSR count). The molecule has 3 aromatic rings. The van der Waals surface area contributed by atoms with Crippen molar-refractivity contribution in [1.82, 2.24) is 9.66 Å². The first-order valence-electron chi connectivity index (χ1n) is 8.20. The summed E-state index contributed by atoms with van der Waals surface area (Å²) >= 11 is 15.4. The van der Waals surface area contributed by atoms with Gasteiger partial charge in [-0.3, -0.25) is 4.79 Å². The van der Waals surface area contributed by atoms with Crippen LogP contribution in [0.1, 0.15) is 31.2 Å². The molecular formula is C19H16BrCl2N3O. The SMILES string of the molecule is CCCCc1nc2ccc(Br)cc2c(=O)n1N=Cc1ccc(Cl)c(Cl)c1. The first-order valence-corrected chi connectivity index (χ1v) is 9.75. The number of rotatable bonds is 5. The molecule has 0 aliphatic rings. The van der Waals surface area contributed by atoms with E-state index in [2.05, 4.69) is 32.9 Å². The van der Waals surface area contributed by atoms with Crippen molar-refractivity contribution in [2.75, 3.05) is 0 Å². The van der Waals surface area contributed by atoms with Crippen molar-refractivity contribution in [2.24, 2.45) is 5.10 Å². The number of hydrogen-bond acceptors (Lipinski definition) is 3. The van der Waals surface area contributed by atoms with Crippen LogP contribution in [0.25, 0.3) is 10.9 Å². The standard InChI is InChI=1S/C19H16BrCl2N3O/c1-2-3-4-18-24-17-8-6-13(20)10-14(17)19(26)25(18)23-11-12-5-7-15(21)16(22)9-12/h5-11H,2-4H2,1H3. The molecule has 26 heavy (non-hydrogen) atoms. The second-order valence-corrected chi connectivity index (χ2v) is 7.56. The Morgan fingerprint density at radius 2 is 2.00 bits per heavy atom. The maximum atomic E-state index is 12.9. The van der Waals surface area contributed by atoms with Gasteiger partial charge in [0.1, 0.15) is 5.82 Å². The fraction of sp³-hybridized carbons (Fsp3) is 0.211. The minimum atomic E-state index is -0.196. The summed E-state index contributed by atoms with van der Waals surface area (Å²) in [5.41, 5.74) is 1.23. The van der Waals surface area contributed by atoms with E-state index < -0.39 is 0 Å². The Morgan fingerprint density at radius 3 is 2.73 bits per heavy atom. The summed E-state index contributed by atoms with van der Waals surface area (Å²) in [5, 5.41) is 5.81. The molecule has 0 amide bonds. The minimum Gasteiger partial charge on any atom is -0.267 e. The van der Waals surface area contributed by atoms with E-state index >= 15 is 0 Å². The van der Waals surface area contributed by atoms with Crippen LogP contribution in [0.3, 0.4) is 0 Å². The Hall–Kier alpha value is -1.69. The molecule has 0 saturated heterocycles. The third kappa shape index (κ3) is 4.17. The normalized spacial score (nSPS) is 11.5. The Morgan fingerprint density at radius 1 is 1.19 bits per heavy atom. The summed E-state index contributed by atoms with van der Waals surface area (Å²) in [5.74, 6) is 0.642. The lowest BCUT2D eigenvalue weighted by atomic mass is 10.2. The number of fused-ring (bicyclic) bond motifs is 1. The van der Waals surface area contributed by atoms with Crippen LogP contribution >= 0.6 is 39.1 Å². The monoisotopic (exact) mass is 451 g/mol. The van der Waals surface area contributed by atoms with E-state index in [9.17, 15) is 4.79 Å². The lowest BCUT2D eigenvalue weighted by Crippen LogP contribution is -2.22. The van der Waals surface area contributed by atoms with Gasteiger partial charge in [0.05, 0.1) is 27.2 Å². The summed E-state index contributed by atoms with van der Waals surface area (Å²) in [4.78, 5) is 17.6. The van der Waals surface area contributed by atoms with E-state index in [1.165, 1.54) is 4.68 Å². The topological polar surface area (TPSA) is 47.2 Å². The van der Waals surface area contributed by atoms with Crippen LogP contribution in [-0.4, -0.2) is 15.9 Å². The molecule has 134 valence electrons. The smallest absolute Gasteiger partial charge is 0.267 e. The Labute approximate surface area is 169 Å². The van der Waals surface area contributed by atoms with Crippen LogP contribution in [0.5, 0.6) is 0 Å². The first-order chi connectivity index (χ1) is 12.5. The van der Waals surface area contributed by atoms with E-state index in [1.54, 1.807) is 30.5 Å². The summed E-state index contributed by atoms with van der Waals surface area (Å²) in [6.07, 6.45) is 4.20. The highest BCUT2D eigenvalue weighted by atomic mass is 79.9. The van der Waals surface area contributed by atoms with Gasteiger partial charge in [-0.05, 0) is 42.3 Å². The van der Waals surface area contributed by atoms with Gasteiger partial charge in [0.25, 0.3) is 5.56 Å². The number of unbranched alkanes of at least 4 members (excludes halogenated alkanes) is 1. The van der Waals surface area contributed by atoms with Gasteiger partial charge in [-0.15, -0.1) is 0 Å². The van der Waals surface area contributed by atoms with E-state index in [-0.39, 0.29) is 5.56 Å².